The summed E-state index contributed by atoms with van der Waals surface area (Å²) < 4.78 is 32.5. The molecule has 3 rings (SSSR count). The summed E-state index contributed by atoms with van der Waals surface area (Å²) in [5.41, 5.74) is 3.59. The SMILES string of the molecule is COc1ccccc1N(C)S(=O)(=O)c1ccc(C(=O)Nc2cccc(C)c2C)cc1. The number of nitrogens with one attached hydrogen (secondary N) is 1. The van der Waals surface area contributed by atoms with Crippen molar-refractivity contribution in [3.05, 3.63) is 83.4 Å². The molecular weight excluding hydrogens is 400 g/mol. The van der Waals surface area contributed by atoms with E-state index in [1.807, 2.05) is 32.0 Å². The minimum atomic E-state index is -3.82. The van der Waals surface area contributed by atoms with E-state index in [4.69, 9.17) is 4.74 Å². The summed E-state index contributed by atoms with van der Waals surface area (Å²) in [6.45, 7) is 3.91. The van der Waals surface area contributed by atoms with Crippen LogP contribution in [-0.4, -0.2) is 28.5 Å². The van der Waals surface area contributed by atoms with Gasteiger partial charge in [0.15, 0.2) is 0 Å². The molecule has 0 aliphatic heterocycles. The predicted octanol–water partition coefficient (Wildman–Crippen LogP) is 4.39. The Morgan fingerprint density at radius 1 is 0.933 bits per heavy atom. The topological polar surface area (TPSA) is 75.7 Å². The largest absolute Gasteiger partial charge is 0.495 e. The lowest BCUT2D eigenvalue weighted by molar-refractivity contribution is 0.102. The molecule has 7 heteroatoms. The van der Waals surface area contributed by atoms with Crippen molar-refractivity contribution < 1.29 is 17.9 Å². The third-order valence-corrected chi connectivity index (χ3v) is 6.84. The van der Waals surface area contributed by atoms with Crippen LogP contribution in [0.25, 0.3) is 0 Å². The highest BCUT2D eigenvalue weighted by Crippen LogP contribution is 2.31. The molecule has 1 amide bonds. The van der Waals surface area contributed by atoms with E-state index in [-0.39, 0.29) is 10.8 Å². The average molecular weight is 425 g/mol. The number of hydrogen-bond acceptors (Lipinski definition) is 4. The van der Waals surface area contributed by atoms with Gasteiger partial charge in [0, 0.05) is 18.3 Å². The van der Waals surface area contributed by atoms with E-state index in [1.165, 1.54) is 38.4 Å². The molecule has 0 aliphatic carbocycles. The van der Waals surface area contributed by atoms with Crippen molar-refractivity contribution in [3.63, 3.8) is 0 Å². The second-order valence-corrected chi connectivity index (χ2v) is 8.84. The first-order chi connectivity index (χ1) is 14.3. The standard InChI is InChI=1S/C23H24N2O4S/c1-16-8-7-9-20(17(16)2)24-23(26)18-12-14-19(15-13-18)30(27,28)25(3)21-10-5-6-11-22(21)29-4/h5-15H,1-4H3,(H,24,26). The lowest BCUT2D eigenvalue weighted by atomic mass is 10.1. The van der Waals surface area contributed by atoms with Gasteiger partial charge in [-0.15, -0.1) is 0 Å². The number of benzene rings is 3. The fourth-order valence-corrected chi connectivity index (χ4v) is 4.24. The molecule has 0 heterocycles. The lowest BCUT2D eigenvalue weighted by Gasteiger charge is -2.21. The fourth-order valence-electron chi connectivity index (χ4n) is 3.04. The highest BCUT2D eigenvalue weighted by molar-refractivity contribution is 7.92. The summed E-state index contributed by atoms with van der Waals surface area (Å²) in [6.07, 6.45) is 0. The minimum Gasteiger partial charge on any atom is -0.495 e. The summed E-state index contributed by atoms with van der Waals surface area (Å²) in [6, 6.07) is 18.4. The van der Waals surface area contributed by atoms with Crippen molar-refractivity contribution in [1.82, 2.24) is 0 Å². The summed E-state index contributed by atoms with van der Waals surface area (Å²) in [7, 11) is -0.861. The van der Waals surface area contributed by atoms with Crippen molar-refractivity contribution in [3.8, 4) is 5.75 Å². The van der Waals surface area contributed by atoms with E-state index >= 15 is 0 Å². The van der Waals surface area contributed by atoms with Crippen LogP contribution in [0, 0.1) is 13.8 Å². The van der Waals surface area contributed by atoms with E-state index < -0.39 is 10.0 Å². The molecular formula is C23H24N2O4S. The molecule has 0 aliphatic rings. The monoisotopic (exact) mass is 424 g/mol. The molecule has 30 heavy (non-hydrogen) atoms. The molecule has 0 saturated carbocycles. The number of sulfonamides is 1. The van der Waals surface area contributed by atoms with Crippen LogP contribution < -0.4 is 14.4 Å². The predicted molar refractivity (Wildman–Crippen MR) is 119 cm³/mol. The first kappa shape index (κ1) is 21.4. The number of aryl methyl sites for hydroxylation is 1. The number of nitrogens with zero attached hydrogens (tertiary/aromatic N) is 1. The first-order valence-electron chi connectivity index (χ1n) is 9.35. The van der Waals surface area contributed by atoms with Gasteiger partial charge in [-0.2, -0.15) is 0 Å². The fraction of sp³-hybridized carbons (Fsp3) is 0.174. The summed E-state index contributed by atoms with van der Waals surface area (Å²) >= 11 is 0. The van der Waals surface area contributed by atoms with Gasteiger partial charge in [0.1, 0.15) is 5.75 Å². The molecule has 0 fully saturated rings. The van der Waals surface area contributed by atoms with Gasteiger partial charge in [-0.3, -0.25) is 9.10 Å². The molecule has 0 bridgehead atoms. The van der Waals surface area contributed by atoms with Crippen molar-refractivity contribution in [2.75, 3.05) is 23.8 Å². The van der Waals surface area contributed by atoms with Crippen molar-refractivity contribution in [1.29, 1.82) is 0 Å². The molecule has 156 valence electrons. The van der Waals surface area contributed by atoms with Crippen LogP contribution in [0.1, 0.15) is 21.5 Å². The number of hydrogen-bond donors (Lipinski definition) is 1. The molecule has 6 nitrogen and oxygen atoms in total. The number of rotatable bonds is 6. The molecule has 0 unspecified atom stereocenters. The molecule has 0 spiro atoms. The molecule has 0 aromatic heterocycles. The van der Waals surface area contributed by atoms with Crippen LogP contribution in [0.15, 0.2) is 71.6 Å². The first-order valence-corrected chi connectivity index (χ1v) is 10.8. The van der Waals surface area contributed by atoms with Gasteiger partial charge >= 0.3 is 0 Å². The van der Waals surface area contributed by atoms with Gasteiger partial charge in [0.2, 0.25) is 0 Å². The third kappa shape index (κ3) is 4.16. The Balaban J connectivity index is 1.83. The Morgan fingerprint density at radius 3 is 2.27 bits per heavy atom. The number of carbonyl (C=O) groups excluding carboxylic acids is 1. The average Bonchev–Trinajstić information content (AvgIpc) is 2.76. The van der Waals surface area contributed by atoms with E-state index in [2.05, 4.69) is 5.32 Å². The second-order valence-electron chi connectivity index (χ2n) is 6.87. The van der Waals surface area contributed by atoms with Crippen LogP contribution in [0.5, 0.6) is 5.75 Å². The Labute approximate surface area is 177 Å². The second kappa shape index (κ2) is 8.59. The number of ether oxygens (including phenoxy) is 1. The number of anilines is 2. The lowest BCUT2D eigenvalue weighted by Crippen LogP contribution is -2.27. The summed E-state index contributed by atoms with van der Waals surface area (Å²) in [5, 5.41) is 2.87. The van der Waals surface area contributed by atoms with Crippen LogP contribution in [-0.2, 0) is 10.0 Å². The Kier molecular flexibility index (Phi) is 6.12. The normalized spacial score (nSPS) is 11.1. The quantitative estimate of drug-likeness (QED) is 0.637. The minimum absolute atomic E-state index is 0.0826. The van der Waals surface area contributed by atoms with Crippen molar-refractivity contribution >= 4 is 27.3 Å². The van der Waals surface area contributed by atoms with Crippen LogP contribution in [0.3, 0.4) is 0 Å². The Morgan fingerprint density at radius 2 is 1.60 bits per heavy atom. The number of para-hydroxylation sites is 2. The third-order valence-electron chi connectivity index (χ3n) is 5.05. The summed E-state index contributed by atoms with van der Waals surface area (Å²) in [5.74, 6) is 0.152. The maximum Gasteiger partial charge on any atom is 0.264 e. The van der Waals surface area contributed by atoms with Gasteiger partial charge in [0.05, 0.1) is 17.7 Å². The molecule has 3 aromatic rings. The molecule has 0 saturated heterocycles. The van der Waals surface area contributed by atoms with E-state index in [9.17, 15) is 13.2 Å². The smallest absolute Gasteiger partial charge is 0.264 e. The van der Waals surface area contributed by atoms with Gasteiger partial charge in [-0.1, -0.05) is 24.3 Å². The van der Waals surface area contributed by atoms with Gasteiger partial charge in [-0.25, -0.2) is 8.42 Å². The number of amides is 1. The van der Waals surface area contributed by atoms with Gasteiger partial charge < -0.3 is 10.1 Å². The van der Waals surface area contributed by atoms with Crippen LogP contribution >= 0.6 is 0 Å². The van der Waals surface area contributed by atoms with Crippen molar-refractivity contribution in [2.24, 2.45) is 0 Å². The molecule has 3 aromatic carbocycles. The van der Waals surface area contributed by atoms with Crippen molar-refractivity contribution in [2.45, 2.75) is 18.7 Å². The number of methoxy groups -OCH3 is 1. The van der Waals surface area contributed by atoms with E-state index in [0.717, 1.165) is 21.1 Å². The van der Waals surface area contributed by atoms with Gasteiger partial charge in [0.25, 0.3) is 15.9 Å². The maximum absolute atomic E-state index is 13.0. The van der Waals surface area contributed by atoms with Gasteiger partial charge in [-0.05, 0) is 67.4 Å². The zero-order chi connectivity index (χ0) is 21.9. The van der Waals surface area contributed by atoms with E-state index in [1.54, 1.807) is 24.3 Å². The van der Waals surface area contributed by atoms with Crippen LogP contribution in [0.4, 0.5) is 11.4 Å². The molecule has 1 N–H and O–H groups in total. The zero-order valence-electron chi connectivity index (χ0n) is 17.3. The molecule has 0 atom stereocenters. The summed E-state index contributed by atoms with van der Waals surface area (Å²) in [4.78, 5) is 12.7. The molecule has 0 radical (unpaired) electrons. The van der Waals surface area contributed by atoms with Crippen LogP contribution in [0.2, 0.25) is 0 Å². The highest BCUT2D eigenvalue weighted by Gasteiger charge is 2.24. The highest BCUT2D eigenvalue weighted by atomic mass is 32.2. The number of carbonyl (C=O) groups is 1. The van der Waals surface area contributed by atoms with E-state index in [0.29, 0.717) is 17.0 Å². The maximum atomic E-state index is 13.0. The zero-order valence-corrected chi connectivity index (χ0v) is 18.2. The Bertz CT molecular complexity index is 1170. The Hall–Kier alpha value is -3.32.